The van der Waals surface area contributed by atoms with Gasteiger partial charge in [-0.2, -0.15) is 0 Å². The summed E-state index contributed by atoms with van der Waals surface area (Å²) < 4.78 is 0. The van der Waals surface area contributed by atoms with Crippen LogP contribution in [0, 0.1) is 24.7 Å². The van der Waals surface area contributed by atoms with Crippen LogP contribution in [0.25, 0.3) is 0 Å². The lowest BCUT2D eigenvalue weighted by Crippen LogP contribution is -2.47. The zero-order chi connectivity index (χ0) is 16.6. The maximum atomic E-state index is 12.4. The summed E-state index contributed by atoms with van der Waals surface area (Å²) >= 11 is 0. The third-order valence-corrected chi connectivity index (χ3v) is 6.03. The zero-order valence-electron chi connectivity index (χ0n) is 14.6. The minimum Gasteiger partial charge on any atom is -0.370 e. The molecule has 126 valence electrons. The van der Waals surface area contributed by atoms with E-state index in [0.29, 0.717) is 24.8 Å². The fourth-order valence-corrected chi connectivity index (χ4v) is 4.97. The molecule has 1 aliphatic carbocycles. The van der Waals surface area contributed by atoms with Gasteiger partial charge in [0.2, 0.25) is 5.91 Å². The van der Waals surface area contributed by atoms with Crippen LogP contribution in [-0.4, -0.2) is 28.2 Å². The van der Waals surface area contributed by atoms with Crippen molar-refractivity contribution in [1.82, 2.24) is 4.90 Å². The summed E-state index contributed by atoms with van der Waals surface area (Å²) in [4.78, 5) is 14.2. The second-order valence-corrected chi connectivity index (χ2v) is 7.58. The van der Waals surface area contributed by atoms with Crippen LogP contribution in [-0.2, 0) is 11.2 Å². The Balaban J connectivity index is 1.65. The van der Waals surface area contributed by atoms with Crippen molar-refractivity contribution in [1.29, 1.82) is 0 Å². The zero-order valence-corrected chi connectivity index (χ0v) is 14.6. The van der Waals surface area contributed by atoms with Gasteiger partial charge in [-0.15, -0.1) is 0 Å². The van der Waals surface area contributed by atoms with E-state index in [4.69, 9.17) is 0 Å². The largest absolute Gasteiger partial charge is 0.370 e. The molecule has 0 aromatic heterocycles. The molecule has 1 N–H and O–H groups in total. The predicted molar refractivity (Wildman–Crippen MR) is 91.8 cm³/mol. The van der Waals surface area contributed by atoms with E-state index in [1.165, 1.54) is 11.1 Å². The molecule has 23 heavy (non-hydrogen) atoms. The summed E-state index contributed by atoms with van der Waals surface area (Å²) in [5.74, 6) is 1.26. The average Bonchev–Trinajstić information content (AvgIpc) is 2.87. The summed E-state index contributed by atoms with van der Waals surface area (Å²) in [6, 6.07) is 8.53. The SMILES string of the molecule is CC[C@H]1C2CC(=O)N(CCCc3cccc(C)c3)C2(O)C[C@@H]1C. The van der Waals surface area contributed by atoms with Crippen LogP contribution in [0.5, 0.6) is 0 Å². The van der Waals surface area contributed by atoms with Crippen molar-refractivity contribution in [3.8, 4) is 0 Å². The number of fused-ring (bicyclic) bond motifs is 1. The van der Waals surface area contributed by atoms with Crippen LogP contribution in [0.15, 0.2) is 24.3 Å². The molecule has 3 nitrogen and oxygen atoms in total. The third-order valence-electron chi connectivity index (χ3n) is 6.03. The molecular formula is C20H29NO2. The Hall–Kier alpha value is -1.35. The fourth-order valence-electron chi connectivity index (χ4n) is 4.97. The molecule has 1 saturated heterocycles. The van der Waals surface area contributed by atoms with Gasteiger partial charge in [-0.3, -0.25) is 4.79 Å². The second-order valence-electron chi connectivity index (χ2n) is 7.58. The van der Waals surface area contributed by atoms with E-state index >= 15 is 0 Å². The van der Waals surface area contributed by atoms with Crippen molar-refractivity contribution < 1.29 is 9.90 Å². The molecule has 3 heteroatoms. The number of nitrogens with zero attached hydrogens (tertiary/aromatic N) is 1. The molecule has 0 spiro atoms. The average molecular weight is 315 g/mol. The number of aryl methyl sites for hydroxylation is 2. The molecule has 1 aromatic rings. The van der Waals surface area contributed by atoms with Gasteiger partial charge >= 0.3 is 0 Å². The first-order valence-electron chi connectivity index (χ1n) is 9.04. The molecular weight excluding hydrogens is 286 g/mol. The molecule has 0 radical (unpaired) electrons. The molecule has 1 aromatic carbocycles. The van der Waals surface area contributed by atoms with E-state index in [0.717, 1.165) is 25.7 Å². The van der Waals surface area contributed by atoms with Crippen molar-refractivity contribution in [2.75, 3.05) is 6.54 Å². The fraction of sp³-hybridized carbons (Fsp3) is 0.650. The Morgan fingerprint density at radius 1 is 1.39 bits per heavy atom. The first-order chi connectivity index (χ1) is 11.0. The highest BCUT2D eigenvalue weighted by Gasteiger charge is 2.59. The van der Waals surface area contributed by atoms with E-state index in [9.17, 15) is 9.90 Å². The molecule has 2 aliphatic rings. The quantitative estimate of drug-likeness (QED) is 0.903. The minimum absolute atomic E-state index is 0.133. The topological polar surface area (TPSA) is 40.5 Å². The molecule has 4 atom stereocenters. The van der Waals surface area contributed by atoms with Crippen LogP contribution >= 0.6 is 0 Å². The standard InChI is InChI=1S/C20H29NO2/c1-4-17-15(3)13-20(23)18(17)12-19(22)21(20)10-6-9-16-8-5-7-14(2)11-16/h5,7-8,11,15,17-18,23H,4,6,9-10,12-13H2,1-3H3/t15-,17+,18?,20?/m0/s1. The third kappa shape index (κ3) is 2.91. The minimum atomic E-state index is -0.885. The van der Waals surface area contributed by atoms with Crippen molar-refractivity contribution in [2.24, 2.45) is 17.8 Å². The van der Waals surface area contributed by atoms with Gasteiger partial charge in [0.15, 0.2) is 0 Å². The van der Waals surface area contributed by atoms with Crippen LogP contribution in [0.4, 0.5) is 0 Å². The molecule has 0 bridgehead atoms. The number of amides is 1. The lowest BCUT2D eigenvalue weighted by Gasteiger charge is -2.34. The van der Waals surface area contributed by atoms with Gasteiger partial charge in [0, 0.05) is 18.9 Å². The molecule has 1 aliphatic heterocycles. The van der Waals surface area contributed by atoms with E-state index in [-0.39, 0.29) is 11.8 Å². The molecule has 1 saturated carbocycles. The van der Waals surface area contributed by atoms with Gasteiger partial charge in [-0.1, -0.05) is 50.1 Å². The van der Waals surface area contributed by atoms with Gasteiger partial charge in [0.25, 0.3) is 0 Å². The van der Waals surface area contributed by atoms with E-state index in [2.05, 4.69) is 45.0 Å². The number of hydrogen-bond donors (Lipinski definition) is 1. The van der Waals surface area contributed by atoms with Gasteiger partial charge < -0.3 is 10.0 Å². The van der Waals surface area contributed by atoms with Crippen LogP contribution < -0.4 is 0 Å². The lowest BCUT2D eigenvalue weighted by molar-refractivity contribution is -0.148. The van der Waals surface area contributed by atoms with Crippen LogP contribution in [0.1, 0.15) is 50.7 Å². The van der Waals surface area contributed by atoms with Crippen molar-refractivity contribution in [3.05, 3.63) is 35.4 Å². The van der Waals surface area contributed by atoms with Crippen molar-refractivity contribution in [3.63, 3.8) is 0 Å². The number of carbonyl (C=O) groups is 1. The van der Waals surface area contributed by atoms with E-state index < -0.39 is 5.72 Å². The monoisotopic (exact) mass is 315 g/mol. The Kier molecular flexibility index (Phi) is 4.50. The Morgan fingerprint density at radius 3 is 2.87 bits per heavy atom. The van der Waals surface area contributed by atoms with Crippen molar-refractivity contribution >= 4 is 5.91 Å². The number of aliphatic hydroxyl groups is 1. The Bertz CT molecular complexity index is 585. The lowest BCUT2D eigenvalue weighted by atomic mass is 9.86. The summed E-state index contributed by atoms with van der Waals surface area (Å²) in [5, 5.41) is 11.2. The van der Waals surface area contributed by atoms with Gasteiger partial charge in [0.05, 0.1) is 0 Å². The van der Waals surface area contributed by atoms with Crippen molar-refractivity contribution in [2.45, 2.75) is 58.6 Å². The summed E-state index contributed by atoms with van der Waals surface area (Å²) in [5.41, 5.74) is 1.70. The van der Waals surface area contributed by atoms with Gasteiger partial charge in [0.1, 0.15) is 5.72 Å². The molecule has 1 amide bonds. The molecule has 3 rings (SSSR count). The summed E-state index contributed by atoms with van der Waals surface area (Å²) in [6.45, 7) is 7.17. The maximum absolute atomic E-state index is 12.4. The maximum Gasteiger partial charge on any atom is 0.225 e. The first-order valence-corrected chi connectivity index (χ1v) is 9.04. The number of hydrogen-bond acceptors (Lipinski definition) is 2. The van der Waals surface area contributed by atoms with E-state index in [1.54, 1.807) is 4.90 Å². The number of benzene rings is 1. The highest BCUT2D eigenvalue weighted by Crippen LogP contribution is 2.53. The molecule has 1 heterocycles. The van der Waals surface area contributed by atoms with E-state index in [1.807, 2.05) is 0 Å². The highest BCUT2D eigenvalue weighted by atomic mass is 16.3. The Morgan fingerprint density at radius 2 is 2.17 bits per heavy atom. The summed E-state index contributed by atoms with van der Waals surface area (Å²) in [6.07, 6.45) is 4.20. The normalized spacial score (nSPS) is 33.3. The molecule has 2 unspecified atom stereocenters. The smallest absolute Gasteiger partial charge is 0.225 e. The number of carbonyl (C=O) groups excluding carboxylic acids is 1. The number of rotatable bonds is 5. The van der Waals surface area contributed by atoms with Gasteiger partial charge in [-0.05, 0) is 43.6 Å². The summed E-state index contributed by atoms with van der Waals surface area (Å²) in [7, 11) is 0. The first kappa shape index (κ1) is 16.5. The molecule has 2 fully saturated rings. The van der Waals surface area contributed by atoms with Gasteiger partial charge in [-0.25, -0.2) is 0 Å². The predicted octanol–water partition coefficient (Wildman–Crippen LogP) is 3.53. The van der Waals surface area contributed by atoms with Crippen LogP contribution in [0.3, 0.4) is 0 Å². The number of likely N-dealkylation sites (tertiary alicyclic amines) is 1. The van der Waals surface area contributed by atoms with Crippen LogP contribution in [0.2, 0.25) is 0 Å². The Labute approximate surface area is 139 Å². The second kappa shape index (κ2) is 6.27. The highest BCUT2D eigenvalue weighted by molar-refractivity contribution is 5.80.